The van der Waals surface area contributed by atoms with Gasteiger partial charge in [-0.2, -0.15) is 0 Å². The molecule has 2 aliphatic rings. The van der Waals surface area contributed by atoms with E-state index in [-0.39, 0.29) is 20.7 Å². The van der Waals surface area contributed by atoms with Crippen molar-refractivity contribution in [1.82, 2.24) is 0 Å². The summed E-state index contributed by atoms with van der Waals surface area (Å²) in [5.74, 6) is -0.178. The summed E-state index contributed by atoms with van der Waals surface area (Å²) in [7, 11) is 0. The Morgan fingerprint density at radius 2 is 0.556 bits per heavy atom. The molecule has 154 valence electrons. The van der Waals surface area contributed by atoms with Crippen LogP contribution < -0.4 is 0 Å². The molecule has 0 atom stereocenters. The zero-order valence-corrected chi connectivity index (χ0v) is 15.7. The highest BCUT2D eigenvalue weighted by Gasteiger charge is 1.96. The summed E-state index contributed by atoms with van der Waals surface area (Å²) < 4.78 is 11.9. The van der Waals surface area contributed by atoms with Gasteiger partial charge in [-0.25, -0.2) is 4.39 Å². The van der Waals surface area contributed by atoms with Gasteiger partial charge in [0.15, 0.2) is 0 Å². The van der Waals surface area contributed by atoms with Gasteiger partial charge in [-0.15, -0.1) is 0 Å². The van der Waals surface area contributed by atoms with Crippen molar-refractivity contribution in [3.05, 3.63) is 72.5 Å². The molecule has 0 unspecified atom stereocenters. The first-order chi connectivity index (χ1) is 12.4. The van der Waals surface area contributed by atoms with Crippen LogP contribution in [0.1, 0.15) is 91.9 Å². The maximum absolute atomic E-state index is 11.9. The van der Waals surface area contributed by atoms with Crippen LogP contribution in [0.5, 0.6) is 0 Å². The van der Waals surface area contributed by atoms with Crippen molar-refractivity contribution in [2.45, 2.75) is 91.9 Å². The molecule has 2 saturated carbocycles. The Morgan fingerprint density at radius 3 is 0.704 bits per heavy atom. The molecule has 2 aromatic carbocycles. The molecule has 0 saturated heterocycles. The fourth-order valence-electron chi connectivity index (χ4n) is 2.92. The van der Waals surface area contributed by atoms with Crippen molar-refractivity contribution in [2.24, 2.45) is 0 Å². The number of benzene rings is 2. The van der Waals surface area contributed by atoms with E-state index >= 15 is 0 Å². The number of halogens is 1. The quantitative estimate of drug-likeness (QED) is 0.430. The van der Waals surface area contributed by atoms with Crippen LogP contribution in [0.2, 0.25) is 0 Å². The highest BCUT2D eigenvalue weighted by atomic mass is 19.1. The van der Waals surface area contributed by atoms with E-state index in [4.69, 9.17) is 0 Å². The minimum Gasteiger partial charge on any atom is -0.207 e. The SMILES string of the molecule is C.C.C1CCCCC1.C1CCCCC1.Fc1ccccc1.c1ccccc1. The highest BCUT2D eigenvalue weighted by molar-refractivity contribution is 5.02. The zero-order chi connectivity index (χ0) is 17.8. The minimum absolute atomic E-state index is 0. The Bertz CT molecular complexity index is 396. The molecule has 2 aliphatic carbocycles. The fraction of sp³-hybridized carbons (Fsp3) is 0.538. The number of hydrogen-bond acceptors (Lipinski definition) is 0. The largest absolute Gasteiger partial charge is 0.207 e. The van der Waals surface area contributed by atoms with Crippen LogP contribution in [-0.4, -0.2) is 0 Å². The first kappa shape index (κ1) is 27.6. The third kappa shape index (κ3) is 20.5. The molecule has 2 aromatic rings. The van der Waals surface area contributed by atoms with Gasteiger partial charge in [0.05, 0.1) is 0 Å². The van der Waals surface area contributed by atoms with Gasteiger partial charge in [-0.1, -0.05) is 147 Å². The normalized spacial score (nSPS) is 14.7. The highest BCUT2D eigenvalue weighted by Crippen LogP contribution is 2.15. The summed E-state index contributed by atoms with van der Waals surface area (Å²) in [4.78, 5) is 0. The molecule has 27 heavy (non-hydrogen) atoms. The van der Waals surface area contributed by atoms with E-state index in [9.17, 15) is 4.39 Å². The second kappa shape index (κ2) is 22.4. The Morgan fingerprint density at radius 1 is 0.370 bits per heavy atom. The topological polar surface area (TPSA) is 0 Å². The molecule has 0 spiro atoms. The molecule has 0 aromatic heterocycles. The van der Waals surface area contributed by atoms with Gasteiger partial charge in [0.25, 0.3) is 0 Å². The monoisotopic (exact) mass is 374 g/mol. The molecule has 4 rings (SSSR count). The third-order valence-corrected chi connectivity index (χ3v) is 4.40. The predicted octanol–water partition coefficient (Wildman–Crippen LogP) is 9.47. The van der Waals surface area contributed by atoms with Crippen LogP contribution >= 0.6 is 0 Å². The van der Waals surface area contributed by atoms with Crippen LogP contribution in [0.3, 0.4) is 0 Å². The minimum atomic E-state index is -0.178. The van der Waals surface area contributed by atoms with E-state index in [1.807, 2.05) is 36.4 Å². The van der Waals surface area contributed by atoms with E-state index in [2.05, 4.69) is 0 Å². The van der Waals surface area contributed by atoms with E-state index in [0.29, 0.717) is 0 Å². The summed E-state index contributed by atoms with van der Waals surface area (Å²) in [5, 5.41) is 0. The third-order valence-electron chi connectivity index (χ3n) is 4.40. The zero-order valence-electron chi connectivity index (χ0n) is 15.7. The van der Waals surface area contributed by atoms with Gasteiger partial charge in [0.1, 0.15) is 5.82 Å². The first-order valence-corrected chi connectivity index (χ1v) is 10.1. The van der Waals surface area contributed by atoms with Gasteiger partial charge >= 0.3 is 0 Å². The maximum atomic E-state index is 11.9. The Labute approximate surface area is 169 Å². The maximum Gasteiger partial charge on any atom is 0.123 e. The second-order valence-electron chi connectivity index (χ2n) is 6.69. The van der Waals surface area contributed by atoms with Crippen molar-refractivity contribution in [3.8, 4) is 0 Å². The van der Waals surface area contributed by atoms with Crippen LogP contribution in [0, 0.1) is 5.82 Å². The summed E-state index contributed by atoms with van der Waals surface area (Å²) in [5.41, 5.74) is 0. The van der Waals surface area contributed by atoms with E-state index in [1.165, 1.54) is 89.2 Å². The van der Waals surface area contributed by atoms with Crippen molar-refractivity contribution in [2.75, 3.05) is 0 Å². The van der Waals surface area contributed by atoms with Crippen LogP contribution in [-0.2, 0) is 0 Å². The van der Waals surface area contributed by atoms with Gasteiger partial charge < -0.3 is 0 Å². The summed E-state index contributed by atoms with van der Waals surface area (Å²) in [6.07, 6.45) is 18.0. The molecule has 0 aliphatic heterocycles. The Hall–Kier alpha value is -1.63. The van der Waals surface area contributed by atoms with Crippen molar-refractivity contribution in [3.63, 3.8) is 0 Å². The van der Waals surface area contributed by atoms with Crippen LogP contribution in [0.15, 0.2) is 66.7 Å². The predicted molar refractivity (Wildman–Crippen MR) is 122 cm³/mol. The number of rotatable bonds is 0. The molecule has 0 heterocycles. The molecule has 0 bridgehead atoms. The molecule has 0 radical (unpaired) electrons. The summed E-state index contributed by atoms with van der Waals surface area (Å²) in [6.45, 7) is 0. The molecule has 1 heteroatoms. The molecular formula is C26H43F. The smallest absolute Gasteiger partial charge is 0.123 e. The van der Waals surface area contributed by atoms with Gasteiger partial charge in [-0.05, 0) is 12.1 Å². The lowest BCUT2D eigenvalue weighted by molar-refractivity contribution is 0.504. The van der Waals surface area contributed by atoms with Crippen molar-refractivity contribution in [1.29, 1.82) is 0 Å². The van der Waals surface area contributed by atoms with Crippen molar-refractivity contribution < 1.29 is 4.39 Å². The standard InChI is InChI=1S/C6H5F.2C6H12.C6H6.2CH4/c7-6-4-2-1-3-5-6;3*1-2-4-6-5-3-1;;/h1-5H;2*1-6H2;1-6H;2*1H4. The molecule has 0 N–H and O–H groups in total. The summed E-state index contributed by atoms with van der Waals surface area (Å²) >= 11 is 0. The number of hydrogen-bond donors (Lipinski definition) is 0. The lowest BCUT2D eigenvalue weighted by atomic mass is 10.0. The van der Waals surface area contributed by atoms with Crippen molar-refractivity contribution >= 4 is 0 Å². The lowest BCUT2D eigenvalue weighted by Crippen LogP contribution is -1.85. The van der Waals surface area contributed by atoms with Gasteiger partial charge in [0, 0.05) is 0 Å². The molecule has 0 amide bonds. The van der Waals surface area contributed by atoms with Gasteiger partial charge in [0.2, 0.25) is 0 Å². The Balaban J connectivity index is 0. The summed E-state index contributed by atoms with van der Waals surface area (Å²) in [6, 6.07) is 19.9. The second-order valence-corrected chi connectivity index (χ2v) is 6.69. The van der Waals surface area contributed by atoms with Crippen LogP contribution in [0.4, 0.5) is 4.39 Å². The average molecular weight is 375 g/mol. The van der Waals surface area contributed by atoms with Gasteiger partial charge in [-0.3, -0.25) is 0 Å². The average Bonchev–Trinajstić information content (AvgIpc) is 2.74. The first-order valence-electron chi connectivity index (χ1n) is 10.1. The molecular weight excluding hydrogens is 331 g/mol. The fourth-order valence-corrected chi connectivity index (χ4v) is 2.92. The Kier molecular flexibility index (Phi) is 22.9. The molecule has 0 nitrogen and oxygen atoms in total. The van der Waals surface area contributed by atoms with E-state index < -0.39 is 0 Å². The van der Waals surface area contributed by atoms with E-state index in [0.717, 1.165) is 0 Å². The lowest BCUT2D eigenvalue weighted by Gasteiger charge is -2.05. The van der Waals surface area contributed by atoms with E-state index in [1.54, 1.807) is 18.2 Å². The van der Waals surface area contributed by atoms with Crippen LogP contribution in [0.25, 0.3) is 0 Å². The molecule has 2 fully saturated rings.